The summed E-state index contributed by atoms with van der Waals surface area (Å²) in [5, 5.41) is 2.87. The van der Waals surface area contributed by atoms with Gasteiger partial charge in [0.1, 0.15) is 0 Å². The van der Waals surface area contributed by atoms with E-state index in [9.17, 15) is 18.0 Å². The zero-order chi connectivity index (χ0) is 34.2. The molecule has 2 amide bonds. The number of carbonyl (C=O) groups excluding carboxylic acids is 2. The van der Waals surface area contributed by atoms with Crippen molar-refractivity contribution in [2.24, 2.45) is 0 Å². The maximum absolute atomic E-state index is 13.2. The molecule has 14 heteroatoms. The third-order valence-electron chi connectivity index (χ3n) is 6.95. The van der Waals surface area contributed by atoms with E-state index in [0.29, 0.717) is 81.0 Å². The van der Waals surface area contributed by atoms with Crippen molar-refractivity contribution < 1.29 is 37.0 Å². The number of thioether (sulfide) groups is 1. The van der Waals surface area contributed by atoms with Crippen LogP contribution in [0.5, 0.6) is 0 Å². The largest absolute Gasteiger partial charge is 0.379 e. The highest BCUT2D eigenvalue weighted by molar-refractivity contribution is 7.99. The fourth-order valence-electron chi connectivity index (χ4n) is 4.46. The molecule has 2 aromatic carbocycles. The van der Waals surface area contributed by atoms with Crippen molar-refractivity contribution in [1.29, 1.82) is 0 Å². The molecule has 47 heavy (non-hydrogen) atoms. The van der Waals surface area contributed by atoms with Gasteiger partial charge in [0.05, 0.1) is 62.6 Å². The van der Waals surface area contributed by atoms with Crippen LogP contribution in [0.15, 0.2) is 41.3 Å². The van der Waals surface area contributed by atoms with Gasteiger partial charge < -0.3 is 24.3 Å². The Morgan fingerprint density at radius 2 is 1.34 bits per heavy atom. The van der Waals surface area contributed by atoms with Gasteiger partial charge in [-0.05, 0) is 61.7 Å². The van der Waals surface area contributed by atoms with Gasteiger partial charge in [0.2, 0.25) is 12.3 Å². The van der Waals surface area contributed by atoms with Crippen LogP contribution in [0.2, 0.25) is 0 Å². The highest BCUT2D eigenvalue weighted by Crippen LogP contribution is 2.29. The summed E-state index contributed by atoms with van der Waals surface area (Å²) < 4.78 is 51.1. The summed E-state index contributed by atoms with van der Waals surface area (Å²) in [6.07, 6.45) is 8.03. The van der Waals surface area contributed by atoms with Crippen LogP contribution in [0.3, 0.4) is 0 Å². The second-order valence-corrected chi connectivity index (χ2v) is 13.5. The molecular weight excluding hydrogens is 645 g/mol. The normalized spacial score (nSPS) is 11.3. The van der Waals surface area contributed by atoms with Gasteiger partial charge in [-0.2, -0.15) is 0 Å². The smallest absolute Gasteiger partial charge is 0.262 e. The van der Waals surface area contributed by atoms with Gasteiger partial charge in [-0.25, -0.2) is 8.42 Å². The molecule has 0 aromatic heterocycles. The molecule has 2 aromatic rings. The van der Waals surface area contributed by atoms with Crippen molar-refractivity contribution in [3.63, 3.8) is 0 Å². The molecule has 0 aliphatic rings. The van der Waals surface area contributed by atoms with Gasteiger partial charge in [-0.1, -0.05) is 45.1 Å². The lowest BCUT2D eigenvalue weighted by molar-refractivity contribution is -0.114. The van der Waals surface area contributed by atoms with Gasteiger partial charge in [0.25, 0.3) is 10.0 Å². The molecule has 0 spiro atoms. The molecule has 12 nitrogen and oxygen atoms in total. The zero-order valence-electron chi connectivity index (χ0n) is 27.9. The van der Waals surface area contributed by atoms with Crippen LogP contribution in [0.25, 0.3) is 0 Å². The maximum atomic E-state index is 13.2. The molecule has 0 radical (unpaired) electrons. The van der Waals surface area contributed by atoms with E-state index in [1.165, 1.54) is 49.9 Å². The SMILES string of the molecule is CCCCCCCCOCCOCCOCCOCCSCC(=O)Nc1c(C)ccc(S(=O)(=O)Nc2ccc(NNC=O)cc2)c1C. The minimum Gasteiger partial charge on any atom is -0.379 e. The fraction of sp³-hybridized carbons (Fsp3) is 0.576. The molecule has 0 aliphatic carbocycles. The van der Waals surface area contributed by atoms with Crippen LogP contribution in [-0.4, -0.2) is 85.1 Å². The average Bonchev–Trinajstić information content (AvgIpc) is 3.05. The molecule has 0 heterocycles. The summed E-state index contributed by atoms with van der Waals surface area (Å²) in [6, 6.07) is 9.55. The minimum absolute atomic E-state index is 0.0610. The molecule has 0 unspecified atom stereocenters. The molecule has 0 saturated carbocycles. The van der Waals surface area contributed by atoms with E-state index in [1.54, 1.807) is 37.3 Å². The number of benzene rings is 2. The van der Waals surface area contributed by atoms with E-state index >= 15 is 0 Å². The number of amides is 2. The highest BCUT2D eigenvalue weighted by atomic mass is 32.2. The number of hydrogen-bond donors (Lipinski definition) is 4. The zero-order valence-corrected chi connectivity index (χ0v) is 29.6. The number of unbranched alkanes of at least 4 members (excludes halogenated alkanes) is 5. The first kappa shape index (κ1) is 40.3. The third kappa shape index (κ3) is 17.2. The first-order chi connectivity index (χ1) is 22.8. The summed E-state index contributed by atoms with van der Waals surface area (Å²) in [5.41, 5.74) is 7.56. The maximum Gasteiger partial charge on any atom is 0.262 e. The number of rotatable bonds is 28. The van der Waals surface area contributed by atoms with Gasteiger partial charge in [0.15, 0.2) is 0 Å². The number of sulfonamides is 1. The molecule has 2 rings (SSSR count). The van der Waals surface area contributed by atoms with Gasteiger partial charge in [-0.15, -0.1) is 11.8 Å². The van der Waals surface area contributed by atoms with E-state index in [2.05, 4.69) is 27.8 Å². The van der Waals surface area contributed by atoms with Crippen molar-refractivity contribution in [3.05, 3.63) is 47.5 Å². The monoisotopic (exact) mass is 696 g/mol. The Bertz CT molecular complexity index is 1280. The molecule has 0 saturated heterocycles. The van der Waals surface area contributed by atoms with Gasteiger partial charge in [0, 0.05) is 23.7 Å². The van der Waals surface area contributed by atoms with E-state index < -0.39 is 10.0 Å². The van der Waals surface area contributed by atoms with E-state index in [-0.39, 0.29) is 16.6 Å². The molecule has 0 aliphatic heterocycles. The van der Waals surface area contributed by atoms with Crippen LogP contribution in [0.4, 0.5) is 17.1 Å². The standard InChI is InChI=1S/C33H52N4O8S2/c1-4-5-6-7-8-9-16-42-17-18-43-19-20-44-21-22-45-23-24-46-25-32(39)35-33-27(2)10-15-31(28(33)3)47(40,41)37-30-13-11-29(12-14-30)36-34-26-38/h10-15,26,36-37H,4-9,16-25H2,1-3H3,(H,34,38)(H,35,39). The Hall–Kier alpha value is -2.88. The van der Waals surface area contributed by atoms with E-state index in [4.69, 9.17) is 18.9 Å². The minimum atomic E-state index is -3.93. The van der Waals surface area contributed by atoms with Crippen molar-refractivity contribution >= 4 is 51.2 Å². The Balaban J connectivity index is 1.57. The number of nitrogens with one attached hydrogen (secondary N) is 4. The van der Waals surface area contributed by atoms with Crippen molar-refractivity contribution in [2.75, 3.05) is 79.8 Å². The number of carbonyl (C=O) groups is 2. The number of anilines is 3. The van der Waals surface area contributed by atoms with Crippen LogP contribution in [0, 0.1) is 13.8 Å². The van der Waals surface area contributed by atoms with Crippen molar-refractivity contribution in [1.82, 2.24) is 5.43 Å². The molecule has 0 bridgehead atoms. The predicted molar refractivity (Wildman–Crippen MR) is 189 cm³/mol. The van der Waals surface area contributed by atoms with E-state index in [0.717, 1.165) is 18.6 Å². The number of aryl methyl sites for hydroxylation is 1. The second-order valence-electron chi connectivity index (χ2n) is 10.8. The Morgan fingerprint density at radius 1 is 0.766 bits per heavy atom. The molecule has 0 fully saturated rings. The van der Waals surface area contributed by atoms with Crippen LogP contribution in [0.1, 0.15) is 56.6 Å². The molecule has 4 N–H and O–H groups in total. The quantitative estimate of drug-likeness (QED) is 0.0526. The van der Waals surface area contributed by atoms with E-state index in [1.807, 2.05) is 6.92 Å². The van der Waals surface area contributed by atoms with Crippen LogP contribution >= 0.6 is 11.8 Å². The second kappa shape index (κ2) is 24.3. The molecular formula is C33H52N4O8S2. The molecule has 0 atom stereocenters. The van der Waals surface area contributed by atoms with Gasteiger partial charge in [-0.3, -0.25) is 25.2 Å². The number of hydrazine groups is 1. The summed E-state index contributed by atoms with van der Waals surface area (Å²) in [5.74, 6) is 0.602. The van der Waals surface area contributed by atoms with Crippen LogP contribution < -0.4 is 20.9 Å². The highest BCUT2D eigenvalue weighted by Gasteiger charge is 2.21. The lowest BCUT2D eigenvalue weighted by Crippen LogP contribution is -2.20. The summed E-state index contributed by atoms with van der Waals surface area (Å²) in [7, 11) is -3.93. The third-order valence-corrected chi connectivity index (χ3v) is 9.40. The van der Waals surface area contributed by atoms with Crippen LogP contribution in [-0.2, 0) is 38.6 Å². The number of ether oxygens (including phenoxy) is 4. The first-order valence-electron chi connectivity index (χ1n) is 16.1. The fourth-order valence-corrected chi connectivity index (χ4v) is 6.41. The summed E-state index contributed by atoms with van der Waals surface area (Å²) >= 11 is 1.43. The Labute approximate surface area is 284 Å². The van der Waals surface area contributed by atoms with Crippen molar-refractivity contribution in [3.8, 4) is 0 Å². The average molecular weight is 697 g/mol. The lowest BCUT2D eigenvalue weighted by atomic mass is 10.1. The first-order valence-corrected chi connectivity index (χ1v) is 18.8. The summed E-state index contributed by atoms with van der Waals surface area (Å²) in [6.45, 7) is 10.1. The summed E-state index contributed by atoms with van der Waals surface area (Å²) in [4.78, 5) is 23.1. The predicted octanol–water partition coefficient (Wildman–Crippen LogP) is 5.28. The Morgan fingerprint density at radius 3 is 1.98 bits per heavy atom. The lowest BCUT2D eigenvalue weighted by Gasteiger charge is -2.17. The molecule has 264 valence electrons. The topological polar surface area (TPSA) is 153 Å². The van der Waals surface area contributed by atoms with Crippen molar-refractivity contribution in [2.45, 2.75) is 64.2 Å². The van der Waals surface area contributed by atoms with Gasteiger partial charge >= 0.3 is 0 Å². The number of hydrogen-bond acceptors (Lipinski definition) is 10. The Kier molecular flexibility index (Phi) is 20.8.